The predicted octanol–water partition coefficient (Wildman–Crippen LogP) is 2.32. The van der Waals surface area contributed by atoms with E-state index in [4.69, 9.17) is 0 Å². The molecular weight excluding hydrogens is 200 g/mol. The zero-order valence-corrected chi connectivity index (χ0v) is 9.16. The van der Waals surface area contributed by atoms with Crippen molar-refractivity contribution in [1.29, 1.82) is 0 Å². The van der Waals surface area contributed by atoms with E-state index in [1.54, 1.807) is 0 Å². The molecule has 2 aromatic rings. The summed E-state index contributed by atoms with van der Waals surface area (Å²) in [7, 11) is 0. The van der Waals surface area contributed by atoms with Crippen molar-refractivity contribution in [3.8, 4) is 0 Å². The number of para-hydroxylation sites is 1. The maximum atomic E-state index is 10.7. The average Bonchev–Trinajstić information content (AvgIpc) is 2.68. The van der Waals surface area contributed by atoms with Crippen LogP contribution in [-0.2, 0) is 4.79 Å². The first-order chi connectivity index (χ1) is 7.77. The lowest BCUT2D eigenvalue weighted by Gasteiger charge is -1.94. The van der Waals surface area contributed by atoms with Crippen molar-refractivity contribution in [3.05, 3.63) is 42.1 Å². The second-order valence-corrected chi connectivity index (χ2v) is 3.63. The summed E-state index contributed by atoms with van der Waals surface area (Å²) in [6, 6.07) is 8.13. The second-order valence-electron chi connectivity index (χ2n) is 3.63. The number of hydrogen-bond donors (Lipinski definition) is 2. The third kappa shape index (κ3) is 2.31. The van der Waals surface area contributed by atoms with Gasteiger partial charge in [0.25, 0.3) is 0 Å². The van der Waals surface area contributed by atoms with Gasteiger partial charge in [0.1, 0.15) is 0 Å². The van der Waals surface area contributed by atoms with E-state index in [0.717, 1.165) is 11.1 Å². The number of hydrogen-bond acceptors (Lipinski definition) is 1. The number of rotatable bonds is 3. The molecule has 1 aromatic carbocycles. The van der Waals surface area contributed by atoms with Gasteiger partial charge in [-0.2, -0.15) is 0 Å². The van der Waals surface area contributed by atoms with Gasteiger partial charge in [-0.3, -0.25) is 4.79 Å². The number of aromatic nitrogens is 1. The molecule has 0 fully saturated rings. The lowest BCUT2D eigenvalue weighted by atomic mass is 10.1. The number of carbonyl (C=O) groups is 1. The Labute approximate surface area is 94.2 Å². The minimum Gasteiger partial charge on any atom is -0.361 e. The minimum atomic E-state index is -0.0106. The third-order valence-electron chi connectivity index (χ3n) is 2.39. The van der Waals surface area contributed by atoms with Crippen LogP contribution >= 0.6 is 0 Å². The first kappa shape index (κ1) is 10.5. The zero-order valence-electron chi connectivity index (χ0n) is 9.16. The van der Waals surface area contributed by atoms with Crippen molar-refractivity contribution < 1.29 is 4.79 Å². The van der Waals surface area contributed by atoms with Crippen LogP contribution in [0.15, 0.2) is 36.5 Å². The summed E-state index contributed by atoms with van der Waals surface area (Å²) in [5, 5.41) is 3.92. The van der Waals surface area contributed by atoms with Crippen LogP contribution < -0.4 is 5.32 Å². The first-order valence-corrected chi connectivity index (χ1v) is 5.24. The Morgan fingerprint density at radius 1 is 1.44 bits per heavy atom. The fourth-order valence-corrected chi connectivity index (χ4v) is 1.62. The van der Waals surface area contributed by atoms with Crippen LogP contribution in [0.3, 0.4) is 0 Å². The van der Waals surface area contributed by atoms with E-state index in [1.165, 1.54) is 12.3 Å². The van der Waals surface area contributed by atoms with Gasteiger partial charge >= 0.3 is 0 Å². The molecule has 0 bridgehead atoms. The number of fused-ring (bicyclic) bond motifs is 1. The summed E-state index contributed by atoms with van der Waals surface area (Å²) < 4.78 is 0. The summed E-state index contributed by atoms with van der Waals surface area (Å²) in [4.78, 5) is 13.9. The SMILES string of the molecule is CC(=O)NCC=Cc1c[nH]c2ccccc12. The molecule has 82 valence electrons. The van der Waals surface area contributed by atoms with Gasteiger partial charge in [0.05, 0.1) is 0 Å². The highest BCUT2D eigenvalue weighted by Crippen LogP contribution is 2.18. The molecule has 2 rings (SSSR count). The molecule has 1 aromatic heterocycles. The fourth-order valence-electron chi connectivity index (χ4n) is 1.62. The third-order valence-corrected chi connectivity index (χ3v) is 2.39. The predicted molar refractivity (Wildman–Crippen MR) is 66.0 cm³/mol. The Balaban J connectivity index is 2.12. The van der Waals surface area contributed by atoms with E-state index in [-0.39, 0.29) is 5.91 Å². The number of nitrogens with one attached hydrogen (secondary N) is 2. The lowest BCUT2D eigenvalue weighted by Crippen LogP contribution is -2.19. The lowest BCUT2D eigenvalue weighted by molar-refractivity contribution is -0.118. The maximum Gasteiger partial charge on any atom is 0.217 e. The molecule has 0 saturated heterocycles. The van der Waals surface area contributed by atoms with Gasteiger partial charge in [0.15, 0.2) is 0 Å². The molecule has 16 heavy (non-hydrogen) atoms. The summed E-state index contributed by atoms with van der Waals surface area (Å²) >= 11 is 0. The highest BCUT2D eigenvalue weighted by molar-refractivity contribution is 5.88. The topological polar surface area (TPSA) is 44.9 Å². The average molecular weight is 214 g/mol. The molecule has 0 aliphatic heterocycles. The van der Waals surface area contributed by atoms with Crippen LogP contribution in [0.2, 0.25) is 0 Å². The van der Waals surface area contributed by atoms with Gasteiger partial charge < -0.3 is 10.3 Å². The van der Waals surface area contributed by atoms with E-state index in [0.29, 0.717) is 6.54 Å². The van der Waals surface area contributed by atoms with Crippen molar-refractivity contribution in [2.45, 2.75) is 6.92 Å². The van der Waals surface area contributed by atoms with E-state index < -0.39 is 0 Å². The van der Waals surface area contributed by atoms with Gasteiger partial charge in [-0.05, 0) is 11.6 Å². The smallest absolute Gasteiger partial charge is 0.217 e. The molecule has 3 heteroatoms. The summed E-state index contributed by atoms with van der Waals surface area (Å²) in [6.45, 7) is 2.08. The monoisotopic (exact) mass is 214 g/mol. The standard InChI is InChI=1S/C13H14N2O/c1-10(16)14-8-4-5-11-9-15-13-7-3-2-6-12(11)13/h2-7,9,15H,8H2,1H3,(H,14,16). The summed E-state index contributed by atoms with van der Waals surface area (Å²) in [5.41, 5.74) is 2.27. The highest BCUT2D eigenvalue weighted by atomic mass is 16.1. The van der Waals surface area contributed by atoms with Crippen LogP contribution in [0.4, 0.5) is 0 Å². The molecule has 0 aliphatic carbocycles. The van der Waals surface area contributed by atoms with Crippen LogP contribution in [-0.4, -0.2) is 17.4 Å². The van der Waals surface area contributed by atoms with Crippen molar-refractivity contribution in [2.75, 3.05) is 6.54 Å². The van der Waals surface area contributed by atoms with Gasteiger partial charge in [-0.25, -0.2) is 0 Å². The van der Waals surface area contributed by atoms with Gasteiger partial charge in [-0.15, -0.1) is 0 Å². The molecule has 0 radical (unpaired) electrons. The number of carbonyl (C=O) groups excluding carboxylic acids is 1. The molecule has 1 amide bonds. The number of aromatic amines is 1. The van der Waals surface area contributed by atoms with Crippen molar-refractivity contribution in [1.82, 2.24) is 10.3 Å². The first-order valence-electron chi connectivity index (χ1n) is 5.24. The normalized spacial score (nSPS) is 11.1. The van der Waals surface area contributed by atoms with Crippen molar-refractivity contribution in [3.63, 3.8) is 0 Å². The largest absolute Gasteiger partial charge is 0.361 e. The Hall–Kier alpha value is -2.03. The number of benzene rings is 1. The van der Waals surface area contributed by atoms with Crippen LogP contribution in [0.1, 0.15) is 12.5 Å². The molecule has 2 N–H and O–H groups in total. The van der Waals surface area contributed by atoms with Gasteiger partial charge in [0, 0.05) is 30.6 Å². The molecule has 0 unspecified atom stereocenters. The second kappa shape index (κ2) is 4.66. The Morgan fingerprint density at radius 2 is 2.25 bits per heavy atom. The van der Waals surface area contributed by atoms with E-state index in [2.05, 4.69) is 16.4 Å². The summed E-state index contributed by atoms with van der Waals surface area (Å²) in [6.07, 6.45) is 5.92. The Bertz CT molecular complexity index is 525. The zero-order chi connectivity index (χ0) is 11.4. The van der Waals surface area contributed by atoms with Gasteiger partial charge in [0.2, 0.25) is 5.91 Å². The molecule has 3 nitrogen and oxygen atoms in total. The molecular formula is C13H14N2O. The van der Waals surface area contributed by atoms with E-state index in [1.807, 2.05) is 36.5 Å². The minimum absolute atomic E-state index is 0.0106. The molecule has 1 heterocycles. The number of H-pyrrole nitrogens is 1. The van der Waals surface area contributed by atoms with Crippen LogP contribution in [0.25, 0.3) is 17.0 Å². The molecule has 0 spiro atoms. The molecule has 0 aliphatic rings. The quantitative estimate of drug-likeness (QED) is 0.809. The fraction of sp³-hybridized carbons (Fsp3) is 0.154. The molecule has 0 atom stereocenters. The van der Waals surface area contributed by atoms with Crippen molar-refractivity contribution in [2.24, 2.45) is 0 Å². The highest BCUT2D eigenvalue weighted by Gasteiger charge is 1.97. The Kier molecular flexibility index (Phi) is 3.05. The maximum absolute atomic E-state index is 10.7. The summed E-state index contributed by atoms with van der Waals surface area (Å²) in [5.74, 6) is -0.0106. The molecule has 0 saturated carbocycles. The van der Waals surface area contributed by atoms with Crippen LogP contribution in [0.5, 0.6) is 0 Å². The van der Waals surface area contributed by atoms with Crippen molar-refractivity contribution >= 4 is 22.9 Å². The van der Waals surface area contributed by atoms with E-state index >= 15 is 0 Å². The van der Waals surface area contributed by atoms with E-state index in [9.17, 15) is 4.79 Å². The Morgan fingerprint density at radius 3 is 3.06 bits per heavy atom. The number of amides is 1. The van der Waals surface area contributed by atoms with Gasteiger partial charge in [-0.1, -0.05) is 30.4 Å². The van der Waals surface area contributed by atoms with Crippen LogP contribution in [0, 0.1) is 0 Å².